The molecule has 4 heteroatoms. The molecule has 2 rings (SSSR count). The van der Waals surface area contributed by atoms with Crippen LogP contribution in [0.5, 0.6) is 0 Å². The van der Waals surface area contributed by atoms with Crippen molar-refractivity contribution in [3.63, 3.8) is 0 Å². The number of rotatable bonds is 3. The zero-order chi connectivity index (χ0) is 13.8. The van der Waals surface area contributed by atoms with Crippen LogP contribution in [-0.4, -0.2) is 22.5 Å². The number of benzene rings is 1. The Morgan fingerprint density at radius 1 is 1.26 bits per heavy atom. The Hall–Kier alpha value is -1.84. The van der Waals surface area contributed by atoms with Crippen LogP contribution in [-0.2, 0) is 0 Å². The van der Waals surface area contributed by atoms with Gasteiger partial charge in [-0.2, -0.15) is 0 Å². The van der Waals surface area contributed by atoms with Crippen LogP contribution in [0.3, 0.4) is 0 Å². The summed E-state index contributed by atoms with van der Waals surface area (Å²) in [5.74, 6) is -0.00990. The molecular formula is C15H17F2NO. The molecule has 1 aromatic carbocycles. The first kappa shape index (κ1) is 13.6. The summed E-state index contributed by atoms with van der Waals surface area (Å²) in [6.07, 6.45) is 2.34. The third kappa shape index (κ3) is 3.13. The maximum Gasteiger partial charge on any atom is 0.262 e. The molecule has 19 heavy (non-hydrogen) atoms. The first-order valence-corrected chi connectivity index (χ1v) is 6.26. The average Bonchev–Trinajstić information content (AvgIpc) is 2.61. The zero-order valence-electron chi connectivity index (χ0n) is 10.7. The van der Waals surface area contributed by atoms with Gasteiger partial charge in [0.2, 0.25) is 0 Å². The molecule has 2 atom stereocenters. The molecule has 0 fully saturated rings. The van der Waals surface area contributed by atoms with Gasteiger partial charge >= 0.3 is 0 Å². The third-order valence-corrected chi connectivity index (χ3v) is 3.30. The summed E-state index contributed by atoms with van der Waals surface area (Å²) >= 11 is 0. The Bertz CT molecular complexity index is 470. The van der Waals surface area contributed by atoms with Gasteiger partial charge in [-0.1, -0.05) is 36.4 Å². The normalized spacial score (nSPS) is 21.2. The Morgan fingerprint density at radius 2 is 1.95 bits per heavy atom. The molecule has 2 unspecified atom stereocenters. The molecule has 0 saturated carbocycles. The lowest BCUT2D eigenvalue weighted by Gasteiger charge is -2.33. The molecule has 0 aromatic heterocycles. The molecule has 1 aromatic rings. The van der Waals surface area contributed by atoms with E-state index in [0.29, 0.717) is 6.42 Å². The molecule has 1 aliphatic rings. The molecular weight excluding hydrogens is 248 g/mol. The Morgan fingerprint density at radius 3 is 2.58 bits per heavy atom. The van der Waals surface area contributed by atoms with E-state index >= 15 is 0 Å². The number of nitrogens with zero attached hydrogens (tertiary/aromatic N) is 1. The van der Waals surface area contributed by atoms with E-state index in [9.17, 15) is 13.9 Å². The van der Waals surface area contributed by atoms with Crippen molar-refractivity contribution in [2.45, 2.75) is 31.9 Å². The van der Waals surface area contributed by atoms with E-state index < -0.39 is 12.5 Å². The van der Waals surface area contributed by atoms with Crippen LogP contribution in [0, 0.1) is 0 Å². The van der Waals surface area contributed by atoms with Gasteiger partial charge in [0, 0.05) is 6.42 Å². The molecule has 0 radical (unpaired) electrons. The van der Waals surface area contributed by atoms with Crippen molar-refractivity contribution in [2.75, 3.05) is 0 Å². The predicted molar refractivity (Wildman–Crippen MR) is 71.0 cm³/mol. The zero-order valence-corrected chi connectivity index (χ0v) is 10.7. The van der Waals surface area contributed by atoms with Crippen molar-refractivity contribution in [1.82, 2.24) is 4.90 Å². The Kier molecular flexibility index (Phi) is 4.20. The summed E-state index contributed by atoms with van der Waals surface area (Å²) < 4.78 is 26.3. The second kappa shape index (κ2) is 5.87. The summed E-state index contributed by atoms with van der Waals surface area (Å²) in [5, 5.41) is 9.53. The summed E-state index contributed by atoms with van der Waals surface area (Å²) in [5.41, 5.74) is 0.965. The lowest BCUT2D eigenvalue weighted by atomic mass is 10.1. The molecule has 1 aliphatic heterocycles. The number of halogens is 2. The first-order chi connectivity index (χ1) is 9.09. The molecule has 2 nitrogen and oxygen atoms in total. The van der Waals surface area contributed by atoms with Crippen LogP contribution < -0.4 is 0 Å². The molecule has 1 N–H and O–H groups in total. The number of alkyl halides is 2. The standard InChI is InChI=1S/C15H17F2NO/c1-11(12-6-3-2-4-7-12)18-9-5-8-13(19)10-14(18)15(16)17/h2-7,9-11,14-15,19H,8H2,1H3. The third-order valence-electron chi connectivity index (χ3n) is 3.30. The molecule has 0 spiro atoms. The number of aliphatic hydroxyl groups excluding tert-OH is 1. The fraction of sp³-hybridized carbons (Fsp3) is 0.333. The lowest BCUT2D eigenvalue weighted by Crippen LogP contribution is -2.36. The average molecular weight is 265 g/mol. The van der Waals surface area contributed by atoms with Crippen molar-refractivity contribution in [3.05, 3.63) is 60.0 Å². The van der Waals surface area contributed by atoms with Crippen molar-refractivity contribution in [3.8, 4) is 0 Å². The number of allylic oxidation sites excluding steroid dienone is 1. The summed E-state index contributed by atoms with van der Waals surface area (Å²) in [6.45, 7) is 1.88. The van der Waals surface area contributed by atoms with E-state index in [2.05, 4.69) is 0 Å². The van der Waals surface area contributed by atoms with Gasteiger partial charge in [-0.25, -0.2) is 8.78 Å². The highest BCUT2D eigenvalue weighted by molar-refractivity contribution is 5.21. The fourth-order valence-electron chi connectivity index (χ4n) is 2.24. The van der Waals surface area contributed by atoms with Gasteiger partial charge in [0.15, 0.2) is 0 Å². The molecule has 102 valence electrons. The molecule has 0 amide bonds. The van der Waals surface area contributed by atoms with Gasteiger partial charge in [-0.15, -0.1) is 0 Å². The smallest absolute Gasteiger partial charge is 0.262 e. The van der Waals surface area contributed by atoms with Gasteiger partial charge in [0.1, 0.15) is 6.04 Å². The summed E-state index contributed by atoms with van der Waals surface area (Å²) in [7, 11) is 0. The van der Waals surface area contributed by atoms with E-state index in [1.807, 2.05) is 37.3 Å². The van der Waals surface area contributed by atoms with E-state index in [-0.39, 0.29) is 11.8 Å². The topological polar surface area (TPSA) is 23.5 Å². The van der Waals surface area contributed by atoms with E-state index in [4.69, 9.17) is 0 Å². The number of hydrogen-bond donors (Lipinski definition) is 1. The Balaban J connectivity index is 2.30. The van der Waals surface area contributed by atoms with Crippen molar-refractivity contribution < 1.29 is 13.9 Å². The van der Waals surface area contributed by atoms with E-state index in [0.717, 1.165) is 5.56 Å². The fourth-order valence-corrected chi connectivity index (χ4v) is 2.24. The van der Waals surface area contributed by atoms with E-state index in [1.54, 1.807) is 17.2 Å². The van der Waals surface area contributed by atoms with Crippen LogP contribution >= 0.6 is 0 Å². The number of hydrogen-bond acceptors (Lipinski definition) is 2. The minimum absolute atomic E-state index is 0.00990. The number of aliphatic hydroxyl groups is 1. The molecule has 0 saturated heterocycles. The van der Waals surface area contributed by atoms with Crippen molar-refractivity contribution in [2.24, 2.45) is 0 Å². The highest BCUT2D eigenvalue weighted by Gasteiger charge is 2.29. The maximum absolute atomic E-state index is 13.2. The van der Waals surface area contributed by atoms with Gasteiger partial charge in [-0.05, 0) is 24.8 Å². The van der Waals surface area contributed by atoms with Crippen LogP contribution in [0.1, 0.15) is 24.9 Å². The lowest BCUT2D eigenvalue weighted by molar-refractivity contribution is 0.0553. The predicted octanol–water partition coefficient (Wildman–Crippen LogP) is 4.04. The van der Waals surface area contributed by atoms with Gasteiger partial charge in [0.25, 0.3) is 6.43 Å². The highest BCUT2D eigenvalue weighted by Crippen LogP contribution is 2.28. The quantitative estimate of drug-likeness (QED) is 0.891. The minimum Gasteiger partial charge on any atom is -0.512 e. The SMILES string of the molecule is CC(c1ccccc1)N1C=CCC(O)=CC1C(F)F. The monoisotopic (exact) mass is 265 g/mol. The summed E-state index contributed by atoms with van der Waals surface area (Å²) in [4.78, 5) is 1.59. The van der Waals surface area contributed by atoms with Crippen LogP contribution in [0.4, 0.5) is 8.78 Å². The highest BCUT2D eigenvalue weighted by atomic mass is 19.3. The van der Waals surface area contributed by atoms with Gasteiger partial charge in [-0.3, -0.25) is 0 Å². The van der Waals surface area contributed by atoms with E-state index in [1.165, 1.54) is 6.08 Å². The second-order valence-electron chi connectivity index (χ2n) is 4.61. The maximum atomic E-state index is 13.2. The molecule has 0 aliphatic carbocycles. The van der Waals surface area contributed by atoms with Crippen LogP contribution in [0.25, 0.3) is 0 Å². The Labute approximate surface area is 111 Å². The first-order valence-electron chi connectivity index (χ1n) is 6.26. The molecule has 0 bridgehead atoms. The minimum atomic E-state index is -2.55. The van der Waals surface area contributed by atoms with Crippen molar-refractivity contribution >= 4 is 0 Å². The second-order valence-corrected chi connectivity index (χ2v) is 4.61. The van der Waals surface area contributed by atoms with Crippen LogP contribution in [0.15, 0.2) is 54.4 Å². The van der Waals surface area contributed by atoms with Crippen LogP contribution in [0.2, 0.25) is 0 Å². The molecule has 1 heterocycles. The van der Waals surface area contributed by atoms with Gasteiger partial charge in [0.05, 0.1) is 11.8 Å². The largest absolute Gasteiger partial charge is 0.512 e. The van der Waals surface area contributed by atoms with Crippen molar-refractivity contribution in [1.29, 1.82) is 0 Å². The van der Waals surface area contributed by atoms with Gasteiger partial charge < -0.3 is 10.0 Å². The summed E-state index contributed by atoms with van der Waals surface area (Å²) in [6, 6.07) is 8.21.